The zero-order chi connectivity index (χ0) is 53.0. The molecule has 2 heterocycles. The molecule has 1 fully saturated rings. The molecular weight excluding hydrogens is 969 g/mol. The molecule has 1 aromatic heterocycles. The Kier molecular flexibility index (Phi) is 35.8. The summed E-state index contributed by atoms with van der Waals surface area (Å²) >= 11 is 0. The number of rotatable bonds is 46. The van der Waals surface area contributed by atoms with Crippen molar-refractivity contribution in [2.75, 3.05) is 25.6 Å². The Bertz CT molecular complexity index is 1740. The molecule has 1 aliphatic rings. The van der Waals surface area contributed by atoms with E-state index in [-0.39, 0.29) is 18.7 Å². The van der Waals surface area contributed by atoms with Gasteiger partial charge in [-0.05, 0) is 30.7 Å². The van der Waals surface area contributed by atoms with E-state index >= 15 is 0 Å². The van der Waals surface area contributed by atoms with Crippen LogP contribution in [0.1, 0.15) is 239 Å². The first kappa shape index (κ1) is 65.9. The molecule has 20 heteroatoms. The number of phosphoric acid groups is 2. The number of nitrogens with zero attached hydrogens (tertiary/aromatic N) is 2. The summed E-state index contributed by atoms with van der Waals surface area (Å²) in [7, 11) is -10.8. The first-order valence-corrected chi connectivity index (χ1v) is 30.8. The van der Waals surface area contributed by atoms with Crippen LogP contribution >= 0.6 is 15.6 Å². The fourth-order valence-electron chi connectivity index (χ4n) is 8.71. The number of carbonyl (C=O) groups is 2. The highest BCUT2D eigenvalue weighted by Gasteiger charge is 2.46. The molecule has 0 aromatic carbocycles. The number of aliphatic hydroxyl groups excluding tert-OH is 2. The van der Waals surface area contributed by atoms with Crippen molar-refractivity contribution in [3.63, 3.8) is 0 Å². The Morgan fingerprint density at radius 1 is 0.667 bits per heavy atom. The predicted octanol–water partition coefficient (Wildman–Crippen LogP) is 11.9. The molecular formula is C52H97N3O15P2. The van der Waals surface area contributed by atoms with E-state index in [1.54, 1.807) is 0 Å². The van der Waals surface area contributed by atoms with Crippen LogP contribution in [-0.2, 0) is 46.3 Å². The summed E-state index contributed by atoms with van der Waals surface area (Å²) in [5.41, 5.74) is 4.60. The van der Waals surface area contributed by atoms with E-state index in [4.69, 9.17) is 29.0 Å². The molecule has 1 aliphatic heterocycles. The highest BCUT2D eigenvalue weighted by atomic mass is 31.3. The molecule has 420 valence electrons. The number of aromatic nitrogens is 2. The van der Waals surface area contributed by atoms with Gasteiger partial charge in [0.15, 0.2) is 12.3 Å². The molecule has 0 amide bonds. The molecule has 8 atom stereocenters. The van der Waals surface area contributed by atoms with Crippen LogP contribution in [0, 0.1) is 11.8 Å². The van der Waals surface area contributed by atoms with Crippen molar-refractivity contribution in [1.82, 2.24) is 9.55 Å². The van der Waals surface area contributed by atoms with Gasteiger partial charge < -0.3 is 39.9 Å². The Morgan fingerprint density at radius 3 is 1.58 bits per heavy atom. The molecule has 0 spiro atoms. The summed E-state index contributed by atoms with van der Waals surface area (Å²) in [6.07, 6.45) is 28.9. The maximum Gasteiger partial charge on any atom is 0.481 e. The Balaban J connectivity index is 1.76. The number of esters is 2. The molecule has 2 rings (SSSR count). The molecule has 0 bridgehead atoms. The van der Waals surface area contributed by atoms with Gasteiger partial charge in [-0.3, -0.25) is 23.2 Å². The Morgan fingerprint density at radius 2 is 1.11 bits per heavy atom. The quantitative estimate of drug-likeness (QED) is 0.0231. The summed E-state index contributed by atoms with van der Waals surface area (Å²) < 4.78 is 57.0. The van der Waals surface area contributed by atoms with Gasteiger partial charge in [-0.1, -0.05) is 207 Å². The van der Waals surface area contributed by atoms with Gasteiger partial charge in [-0.25, -0.2) is 13.9 Å². The van der Waals surface area contributed by atoms with Crippen LogP contribution in [0.3, 0.4) is 0 Å². The Hall–Kier alpha value is -2.24. The van der Waals surface area contributed by atoms with Gasteiger partial charge in [0.2, 0.25) is 0 Å². The molecule has 0 radical (unpaired) electrons. The molecule has 1 aromatic rings. The lowest BCUT2D eigenvalue weighted by molar-refractivity contribution is -0.161. The zero-order valence-corrected chi connectivity index (χ0v) is 46.4. The van der Waals surface area contributed by atoms with Gasteiger partial charge in [0.05, 0.1) is 13.2 Å². The average molecular weight is 1070 g/mol. The largest absolute Gasteiger partial charge is 0.481 e. The van der Waals surface area contributed by atoms with Crippen LogP contribution in [0.25, 0.3) is 0 Å². The van der Waals surface area contributed by atoms with Gasteiger partial charge >= 0.3 is 33.3 Å². The number of carbonyl (C=O) groups excluding carboxylic acids is 2. The summed E-state index contributed by atoms with van der Waals surface area (Å²) in [4.78, 5) is 62.1. The third-order valence-corrected chi connectivity index (χ3v) is 16.0. The smallest absolute Gasteiger partial charge is 0.462 e. The minimum Gasteiger partial charge on any atom is -0.462 e. The average Bonchev–Trinajstić information content (AvgIpc) is 3.60. The van der Waals surface area contributed by atoms with E-state index in [0.29, 0.717) is 12.8 Å². The molecule has 0 aliphatic carbocycles. The van der Waals surface area contributed by atoms with Crippen LogP contribution in [-0.4, -0.2) is 85.7 Å². The topological polar surface area (TPSA) is 265 Å². The van der Waals surface area contributed by atoms with E-state index < -0.39 is 83.7 Å². The van der Waals surface area contributed by atoms with Crippen molar-refractivity contribution in [2.45, 2.75) is 264 Å². The number of anilines is 1. The van der Waals surface area contributed by atoms with Gasteiger partial charge in [0, 0.05) is 19.0 Å². The Labute approximate surface area is 431 Å². The molecule has 18 nitrogen and oxygen atoms in total. The summed E-state index contributed by atoms with van der Waals surface area (Å²) in [6.45, 7) is 6.88. The maximum atomic E-state index is 12.9. The number of hydrogen-bond acceptors (Lipinski definition) is 15. The minimum atomic E-state index is -5.42. The van der Waals surface area contributed by atoms with Crippen LogP contribution in [0.15, 0.2) is 17.1 Å². The zero-order valence-electron chi connectivity index (χ0n) is 44.6. The number of nitrogen functional groups attached to an aromatic ring is 1. The second-order valence-corrected chi connectivity index (χ2v) is 23.6. The monoisotopic (exact) mass is 1070 g/mol. The van der Waals surface area contributed by atoms with Crippen LogP contribution < -0.4 is 11.4 Å². The van der Waals surface area contributed by atoms with E-state index in [1.165, 1.54) is 141 Å². The standard InChI is InChI=1S/C52H97N3O15P2/c1-5-43(4)34-30-26-22-18-14-10-6-7-11-16-20-24-28-32-36-48(57)68-44(39-65-47(56)35-31-27-23-19-15-12-8-9-13-17-21-25-29-33-42(2)3)40-66-71(61,62)70-72(63,64)67-41-45-49(58)50(59)51(69-45)55-38-37-46(53)54-52(55)60/h37-38,42-45,49-51,58-59H,5-36,39-41H2,1-4H3,(H,61,62)(H,63,64)(H2,53,54,60)/t43?,44-,45-,49+,50?,51-/m1/s1. The van der Waals surface area contributed by atoms with Gasteiger partial charge in [0.1, 0.15) is 30.7 Å². The predicted molar refractivity (Wildman–Crippen MR) is 280 cm³/mol. The fraction of sp³-hybridized carbons (Fsp3) is 0.885. The van der Waals surface area contributed by atoms with Crippen molar-refractivity contribution in [1.29, 1.82) is 0 Å². The number of nitrogens with two attached hydrogens (primary N) is 1. The van der Waals surface area contributed by atoms with E-state index in [1.807, 2.05) is 0 Å². The number of aliphatic hydroxyl groups is 2. The van der Waals surface area contributed by atoms with Gasteiger partial charge in [-0.2, -0.15) is 9.29 Å². The number of unbranched alkanes of at least 4 members (excludes halogenated alkanes) is 25. The minimum absolute atomic E-state index is 0.0573. The SMILES string of the molecule is CCC(C)CCCCCCCCCCCCCCCCC(=O)O[C@H](COC(=O)CCCCCCCCCCCCCCCC(C)C)COP(=O)(O)OP(=O)(O)OC[C@H]1O[C@@H](n2ccc(N)nc2=O)C(O)[C@H]1O. The van der Waals surface area contributed by atoms with Crippen molar-refractivity contribution in [2.24, 2.45) is 11.8 Å². The first-order valence-electron chi connectivity index (χ1n) is 27.8. The van der Waals surface area contributed by atoms with Crippen molar-refractivity contribution in [3.05, 3.63) is 22.7 Å². The van der Waals surface area contributed by atoms with Crippen molar-refractivity contribution >= 4 is 33.4 Å². The summed E-state index contributed by atoms with van der Waals surface area (Å²) in [5, 5.41) is 20.9. The maximum absolute atomic E-state index is 12.9. The number of ether oxygens (including phenoxy) is 3. The lowest BCUT2D eigenvalue weighted by Crippen LogP contribution is -2.36. The fourth-order valence-corrected chi connectivity index (χ4v) is 10.8. The second kappa shape index (κ2) is 39.2. The normalized spacial score (nSPS) is 19.5. The molecule has 0 saturated carbocycles. The number of phosphoric ester groups is 2. The van der Waals surface area contributed by atoms with Gasteiger partial charge in [-0.15, -0.1) is 0 Å². The summed E-state index contributed by atoms with van der Waals surface area (Å²) in [6, 6.07) is 1.25. The first-order chi connectivity index (χ1) is 34.4. The van der Waals surface area contributed by atoms with Gasteiger partial charge in [0.25, 0.3) is 0 Å². The lowest BCUT2D eigenvalue weighted by Gasteiger charge is -2.21. The highest BCUT2D eigenvalue weighted by Crippen LogP contribution is 2.60. The van der Waals surface area contributed by atoms with Crippen molar-refractivity contribution < 1.29 is 66.3 Å². The lowest BCUT2D eigenvalue weighted by atomic mass is 9.99. The van der Waals surface area contributed by atoms with Crippen molar-refractivity contribution in [3.8, 4) is 0 Å². The van der Waals surface area contributed by atoms with E-state index in [9.17, 15) is 43.5 Å². The highest BCUT2D eigenvalue weighted by molar-refractivity contribution is 7.61. The van der Waals surface area contributed by atoms with Crippen LogP contribution in [0.4, 0.5) is 5.82 Å². The molecule has 4 unspecified atom stereocenters. The van der Waals surface area contributed by atoms with E-state index in [2.05, 4.69) is 37.0 Å². The second-order valence-electron chi connectivity index (χ2n) is 20.5. The van der Waals surface area contributed by atoms with Crippen LogP contribution in [0.5, 0.6) is 0 Å². The summed E-state index contributed by atoms with van der Waals surface area (Å²) in [5.74, 6) is 0.360. The van der Waals surface area contributed by atoms with Crippen LogP contribution in [0.2, 0.25) is 0 Å². The molecule has 6 N–H and O–H groups in total. The molecule has 72 heavy (non-hydrogen) atoms. The number of hydrogen-bond donors (Lipinski definition) is 5. The van der Waals surface area contributed by atoms with E-state index in [0.717, 1.165) is 67.8 Å². The molecule has 1 saturated heterocycles. The third kappa shape index (κ3) is 32.3. The third-order valence-electron chi connectivity index (χ3n) is 13.4.